The molecule has 7 nitrogen and oxygen atoms in total. The smallest absolute Gasteiger partial charge is 0.261 e. The summed E-state index contributed by atoms with van der Waals surface area (Å²) in [6.07, 6.45) is 1.86. The molecule has 9 heteroatoms. The normalized spacial score (nSPS) is 17.0. The Kier molecular flexibility index (Phi) is 6.30. The highest BCUT2D eigenvalue weighted by Gasteiger charge is 2.35. The van der Waals surface area contributed by atoms with Crippen molar-refractivity contribution in [3.8, 4) is 17.0 Å². The number of benzene rings is 2. The van der Waals surface area contributed by atoms with Crippen LogP contribution in [0.5, 0.6) is 5.88 Å². The van der Waals surface area contributed by atoms with Gasteiger partial charge < -0.3 is 9.64 Å². The van der Waals surface area contributed by atoms with E-state index < -0.39 is 9.84 Å². The van der Waals surface area contributed by atoms with Crippen molar-refractivity contribution in [3.63, 3.8) is 0 Å². The molecule has 1 atom stereocenters. The summed E-state index contributed by atoms with van der Waals surface area (Å²) in [7, 11) is -3.14. The molecule has 0 unspecified atom stereocenters. The lowest BCUT2D eigenvalue weighted by molar-refractivity contribution is -0.136. The Morgan fingerprint density at radius 2 is 1.79 bits per heavy atom. The second-order valence-corrected chi connectivity index (χ2v) is 11.3. The van der Waals surface area contributed by atoms with Crippen LogP contribution >= 0.6 is 11.3 Å². The zero-order valence-electron chi connectivity index (χ0n) is 18.3. The largest absolute Gasteiger partial charge is 0.467 e. The van der Waals surface area contributed by atoms with Crippen molar-refractivity contribution in [2.45, 2.75) is 19.0 Å². The van der Waals surface area contributed by atoms with Crippen LogP contribution in [0.15, 0.2) is 72.4 Å². The molecule has 1 aliphatic rings. The van der Waals surface area contributed by atoms with E-state index in [0.717, 1.165) is 26.9 Å². The number of nitrogens with zero attached hydrogens (tertiary/aromatic N) is 3. The fourth-order valence-corrected chi connectivity index (χ4v) is 6.86. The molecule has 0 bridgehead atoms. The first-order chi connectivity index (χ1) is 16.5. The number of carbonyl (C=O) groups is 1. The number of aromatic nitrogens is 2. The van der Waals surface area contributed by atoms with Crippen molar-refractivity contribution in [2.75, 3.05) is 18.1 Å². The number of fused-ring (bicyclic) bond motifs is 1. The van der Waals surface area contributed by atoms with Gasteiger partial charge in [-0.05, 0) is 17.5 Å². The Labute approximate surface area is 202 Å². The maximum Gasteiger partial charge on any atom is 0.261 e. The van der Waals surface area contributed by atoms with Gasteiger partial charge in [-0.25, -0.2) is 18.4 Å². The minimum absolute atomic E-state index is 0.0218. The molecule has 1 saturated heterocycles. The molecule has 1 amide bonds. The van der Waals surface area contributed by atoms with Gasteiger partial charge in [0.2, 0.25) is 5.88 Å². The summed E-state index contributed by atoms with van der Waals surface area (Å²) in [4.78, 5) is 24.4. The Bertz CT molecular complexity index is 1410. The zero-order chi connectivity index (χ0) is 23.5. The standard InChI is InChI=1S/C25H23N3O4S2/c29-22(28(13-18-7-3-1-4-8-18)20-11-12-34(30,31)16-20)14-32-24-23-21(19-9-5-2-6-10-19)15-33-25(23)27-17-26-24/h1-10,15,17,20H,11-14,16H2/t20-/m0/s1. The van der Waals surface area contributed by atoms with Crippen LogP contribution in [0, 0.1) is 0 Å². The lowest BCUT2D eigenvalue weighted by Gasteiger charge is -2.28. The van der Waals surface area contributed by atoms with Crippen LogP contribution in [0.1, 0.15) is 12.0 Å². The molecule has 1 aliphatic heterocycles. The Morgan fingerprint density at radius 1 is 1.06 bits per heavy atom. The summed E-state index contributed by atoms with van der Waals surface area (Å²) < 4.78 is 30.2. The second-order valence-electron chi connectivity index (χ2n) is 8.23. The molecule has 0 radical (unpaired) electrons. The van der Waals surface area contributed by atoms with Crippen molar-refractivity contribution in [2.24, 2.45) is 0 Å². The van der Waals surface area contributed by atoms with Gasteiger partial charge >= 0.3 is 0 Å². The van der Waals surface area contributed by atoms with Crippen molar-refractivity contribution < 1.29 is 17.9 Å². The second kappa shape index (κ2) is 9.52. The van der Waals surface area contributed by atoms with E-state index in [-0.39, 0.29) is 30.1 Å². The van der Waals surface area contributed by atoms with E-state index in [1.807, 2.05) is 66.0 Å². The Morgan fingerprint density at radius 3 is 2.50 bits per heavy atom. The fourth-order valence-electron chi connectivity index (χ4n) is 4.22. The minimum atomic E-state index is -3.14. The number of rotatable bonds is 7. The highest BCUT2D eigenvalue weighted by molar-refractivity contribution is 7.91. The molecule has 0 spiro atoms. The fraction of sp³-hybridized carbons (Fsp3) is 0.240. The van der Waals surface area contributed by atoms with Crippen molar-refractivity contribution in [3.05, 3.63) is 77.9 Å². The van der Waals surface area contributed by atoms with Gasteiger partial charge in [0, 0.05) is 23.5 Å². The highest BCUT2D eigenvalue weighted by Crippen LogP contribution is 2.37. The average Bonchev–Trinajstić information content (AvgIpc) is 3.45. The molecule has 5 rings (SSSR count). The first kappa shape index (κ1) is 22.5. The third kappa shape index (κ3) is 4.80. The summed E-state index contributed by atoms with van der Waals surface area (Å²) in [6, 6.07) is 19.1. The van der Waals surface area contributed by atoms with Crippen molar-refractivity contribution in [1.29, 1.82) is 0 Å². The molecular weight excluding hydrogens is 470 g/mol. The predicted octanol–water partition coefficient (Wildman–Crippen LogP) is 3.95. The van der Waals surface area contributed by atoms with Gasteiger partial charge in [0.15, 0.2) is 16.4 Å². The first-order valence-corrected chi connectivity index (χ1v) is 13.6. The molecule has 34 heavy (non-hydrogen) atoms. The van der Waals surface area contributed by atoms with E-state index in [1.54, 1.807) is 4.90 Å². The van der Waals surface area contributed by atoms with Crippen LogP contribution < -0.4 is 4.74 Å². The summed E-state index contributed by atoms with van der Waals surface area (Å²) in [6.45, 7) is 0.0929. The minimum Gasteiger partial charge on any atom is -0.467 e. The molecule has 2 aromatic heterocycles. The van der Waals surface area contributed by atoms with E-state index in [1.165, 1.54) is 17.7 Å². The average molecular weight is 494 g/mol. The van der Waals surface area contributed by atoms with E-state index in [2.05, 4.69) is 9.97 Å². The number of thiophene rings is 1. The van der Waals surface area contributed by atoms with Crippen molar-refractivity contribution >= 4 is 37.3 Å². The summed E-state index contributed by atoms with van der Waals surface area (Å²) in [5.74, 6) is 0.150. The molecule has 0 saturated carbocycles. The van der Waals surface area contributed by atoms with Gasteiger partial charge in [-0.1, -0.05) is 60.7 Å². The number of hydrogen-bond donors (Lipinski definition) is 0. The van der Waals surface area contributed by atoms with Gasteiger partial charge in [-0.15, -0.1) is 11.3 Å². The zero-order valence-corrected chi connectivity index (χ0v) is 20.0. The molecule has 3 heterocycles. The third-order valence-electron chi connectivity index (χ3n) is 5.92. The van der Waals surface area contributed by atoms with Gasteiger partial charge in [0.05, 0.1) is 16.9 Å². The van der Waals surface area contributed by atoms with Crippen molar-refractivity contribution in [1.82, 2.24) is 14.9 Å². The SMILES string of the molecule is O=C(COc1ncnc2scc(-c3ccccc3)c12)N(Cc1ccccc1)[C@H]1CCS(=O)(=O)C1. The van der Waals surface area contributed by atoms with Crippen LogP contribution in [-0.2, 0) is 21.2 Å². The monoisotopic (exact) mass is 493 g/mol. The molecule has 174 valence electrons. The Hall–Kier alpha value is -3.30. The molecule has 1 fully saturated rings. The summed E-state index contributed by atoms with van der Waals surface area (Å²) >= 11 is 1.49. The van der Waals surface area contributed by atoms with E-state index in [9.17, 15) is 13.2 Å². The maximum atomic E-state index is 13.3. The van der Waals surface area contributed by atoms with Crippen LogP contribution in [0.3, 0.4) is 0 Å². The number of carbonyl (C=O) groups excluding carboxylic acids is 1. The molecule has 4 aromatic rings. The van der Waals surface area contributed by atoms with E-state index in [0.29, 0.717) is 18.8 Å². The van der Waals surface area contributed by atoms with E-state index >= 15 is 0 Å². The first-order valence-electron chi connectivity index (χ1n) is 10.9. The maximum absolute atomic E-state index is 13.3. The summed E-state index contributed by atoms with van der Waals surface area (Å²) in [5, 5.41) is 2.78. The lowest BCUT2D eigenvalue weighted by Crippen LogP contribution is -2.43. The van der Waals surface area contributed by atoms with Crippen LogP contribution in [0.4, 0.5) is 0 Å². The molecule has 0 N–H and O–H groups in total. The molecule has 0 aliphatic carbocycles. The van der Waals surface area contributed by atoms with E-state index in [4.69, 9.17) is 4.74 Å². The third-order valence-corrected chi connectivity index (χ3v) is 8.55. The van der Waals surface area contributed by atoms with Crippen LogP contribution in [0.25, 0.3) is 21.3 Å². The quantitative estimate of drug-likeness (QED) is 0.387. The van der Waals surface area contributed by atoms with Gasteiger partial charge in [0.25, 0.3) is 5.91 Å². The topological polar surface area (TPSA) is 89.5 Å². The number of sulfone groups is 1. The predicted molar refractivity (Wildman–Crippen MR) is 132 cm³/mol. The van der Waals surface area contributed by atoms with Crippen LogP contribution in [0.2, 0.25) is 0 Å². The number of amides is 1. The van der Waals surface area contributed by atoms with Crippen LogP contribution in [-0.4, -0.2) is 53.3 Å². The Balaban J connectivity index is 1.40. The number of ether oxygens (including phenoxy) is 1. The molecular formula is C25H23N3O4S2. The number of hydrogen-bond acceptors (Lipinski definition) is 7. The lowest BCUT2D eigenvalue weighted by atomic mass is 10.1. The van der Waals surface area contributed by atoms with Gasteiger partial charge in [-0.2, -0.15) is 0 Å². The summed E-state index contributed by atoms with van der Waals surface area (Å²) in [5.41, 5.74) is 2.90. The molecule has 2 aromatic carbocycles. The van der Waals surface area contributed by atoms with Gasteiger partial charge in [0.1, 0.15) is 11.2 Å². The highest BCUT2D eigenvalue weighted by atomic mass is 32.2. The van der Waals surface area contributed by atoms with Gasteiger partial charge in [-0.3, -0.25) is 4.79 Å².